The lowest BCUT2D eigenvalue weighted by Crippen LogP contribution is -2.40. The van der Waals surface area contributed by atoms with Crippen LogP contribution >= 0.6 is 11.3 Å². The molecule has 0 bridgehead atoms. The molecule has 0 radical (unpaired) electrons. The highest BCUT2D eigenvalue weighted by molar-refractivity contribution is 7.89. The predicted molar refractivity (Wildman–Crippen MR) is 115 cm³/mol. The molecule has 0 spiro atoms. The van der Waals surface area contributed by atoms with Crippen LogP contribution in [0.5, 0.6) is 5.75 Å². The highest BCUT2D eigenvalue weighted by atomic mass is 32.2. The number of methoxy groups -OCH3 is 1. The summed E-state index contributed by atoms with van der Waals surface area (Å²) in [6.45, 7) is 4.72. The highest BCUT2D eigenvalue weighted by Crippen LogP contribution is 2.33. The van der Waals surface area contributed by atoms with Gasteiger partial charge in [0.05, 0.1) is 30.8 Å². The van der Waals surface area contributed by atoms with Crippen molar-refractivity contribution in [2.45, 2.75) is 18.7 Å². The van der Waals surface area contributed by atoms with E-state index >= 15 is 0 Å². The molecule has 11 heteroatoms. The number of nitrogens with zero attached hydrogens (tertiary/aromatic N) is 1. The van der Waals surface area contributed by atoms with Crippen molar-refractivity contribution < 1.29 is 32.2 Å². The van der Waals surface area contributed by atoms with Crippen LogP contribution in [0.15, 0.2) is 29.2 Å². The summed E-state index contributed by atoms with van der Waals surface area (Å²) >= 11 is 1.28. The molecule has 9 nitrogen and oxygen atoms in total. The molecule has 1 saturated heterocycles. The smallest absolute Gasteiger partial charge is 0.341 e. The molecule has 0 saturated carbocycles. The van der Waals surface area contributed by atoms with E-state index in [4.69, 9.17) is 14.2 Å². The van der Waals surface area contributed by atoms with E-state index in [2.05, 4.69) is 5.32 Å². The lowest BCUT2D eigenvalue weighted by atomic mass is 10.1. The number of rotatable bonds is 7. The Hall–Kier alpha value is -2.47. The second kappa shape index (κ2) is 9.77. The number of benzene rings is 1. The van der Waals surface area contributed by atoms with Crippen molar-refractivity contribution in [1.29, 1.82) is 0 Å². The van der Waals surface area contributed by atoms with Crippen LogP contribution in [0.1, 0.15) is 20.8 Å². The van der Waals surface area contributed by atoms with Gasteiger partial charge < -0.3 is 19.5 Å². The van der Waals surface area contributed by atoms with Gasteiger partial charge in [0.15, 0.2) is 6.61 Å². The summed E-state index contributed by atoms with van der Waals surface area (Å²) in [7, 11) is -2.31. The molecule has 0 aliphatic carbocycles. The number of thiophene rings is 1. The second-order valence-electron chi connectivity index (χ2n) is 6.80. The average molecular weight is 469 g/mol. The van der Waals surface area contributed by atoms with Crippen molar-refractivity contribution in [2.75, 3.05) is 45.3 Å². The summed E-state index contributed by atoms with van der Waals surface area (Å²) in [5, 5.41) is 3.08. The number of ether oxygens (including phenoxy) is 3. The second-order valence-corrected chi connectivity index (χ2v) is 9.97. The third-order valence-corrected chi connectivity index (χ3v) is 7.86. The number of hydrogen-bond acceptors (Lipinski definition) is 8. The van der Waals surface area contributed by atoms with Gasteiger partial charge in [0.1, 0.15) is 10.8 Å². The van der Waals surface area contributed by atoms with Crippen LogP contribution in [0.25, 0.3) is 0 Å². The molecule has 1 N–H and O–H groups in total. The number of esters is 1. The predicted octanol–water partition coefficient (Wildman–Crippen LogP) is 2.19. The number of morpholine rings is 1. The largest absolute Gasteiger partial charge is 0.484 e. The molecule has 1 aromatic carbocycles. The van der Waals surface area contributed by atoms with Gasteiger partial charge in [-0.3, -0.25) is 4.79 Å². The van der Waals surface area contributed by atoms with Crippen LogP contribution in [0.4, 0.5) is 5.00 Å². The van der Waals surface area contributed by atoms with Gasteiger partial charge in [-0.2, -0.15) is 4.31 Å². The van der Waals surface area contributed by atoms with E-state index in [0.717, 1.165) is 10.4 Å². The molecule has 1 aliphatic rings. The van der Waals surface area contributed by atoms with E-state index in [-0.39, 0.29) is 11.5 Å². The first-order valence-electron chi connectivity index (χ1n) is 9.53. The number of sulfonamides is 1. The molecule has 1 amide bonds. The maximum Gasteiger partial charge on any atom is 0.341 e. The number of carbonyl (C=O) groups excluding carboxylic acids is 2. The van der Waals surface area contributed by atoms with Crippen molar-refractivity contribution in [2.24, 2.45) is 0 Å². The van der Waals surface area contributed by atoms with Crippen molar-refractivity contribution in [3.05, 3.63) is 40.3 Å². The Balaban J connectivity index is 1.61. The third-order valence-electron chi connectivity index (χ3n) is 4.83. The number of carbonyl (C=O) groups is 2. The summed E-state index contributed by atoms with van der Waals surface area (Å²) < 4.78 is 42.1. The van der Waals surface area contributed by atoms with E-state index in [0.29, 0.717) is 42.6 Å². The summed E-state index contributed by atoms with van der Waals surface area (Å²) in [5.74, 6) is -0.616. The SMILES string of the molecule is COC(=O)c1c(NC(=O)COc2ccc(S(=O)(=O)N3CCOCC3)cc2)sc(C)c1C. The normalized spacial score (nSPS) is 14.8. The molecule has 1 fully saturated rings. The van der Waals surface area contributed by atoms with Gasteiger partial charge >= 0.3 is 5.97 Å². The van der Waals surface area contributed by atoms with Gasteiger partial charge in [0, 0.05) is 18.0 Å². The number of hydrogen-bond donors (Lipinski definition) is 1. The zero-order chi connectivity index (χ0) is 22.6. The van der Waals surface area contributed by atoms with Crippen LogP contribution < -0.4 is 10.1 Å². The minimum Gasteiger partial charge on any atom is -0.484 e. The average Bonchev–Trinajstić information content (AvgIpc) is 3.05. The minimum absolute atomic E-state index is 0.151. The number of amides is 1. The molecule has 0 unspecified atom stereocenters. The zero-order valence-electron chi connectivity index (χ0n) is 17.5. The first-order valence-corrected chi connectivity index (χ1v) is 11.8. The maximum atomic E-state index is 12.6. The Morgan fingerprint density at radius 1 is 1.16 bits per heavy atom. The summed E-state index contributed by atoms with van der Waals surface area (Å²) in [4.78, 5) is 25.4. The molecule has 3 rings (SSSR count). The first kappa shape index (κ1) is 23.2. The molecule has 1 aromatic heterocycles. The molecule has 31 heavy (non-hydrogen) atoms. The number of anilines is 1. The lowest BCUT2D eigenvalue weighted by Gasteiger charge is -2.26. The van der Waals surface area contributed by atoms with Crippen LogP contribution in [0.3, 0.4) is 0 Å². The van der Waals surface area contributed by atoms with Crippen LogP contribution in [-0.4, -0.2) is 64.6 Å². The fraction of sp³-hybridized carbons (Fsp3) is 0.400. The monoisotopic (exact) mass is 468 g/mol. The van der Waals surface area contributed by atoms with E-state index in [1.54, 1.807) is 6.92 Å². The maximum absolute atomic E-state index is 12.6. The van der Waals surface area contributed by atoms with Gasteiger partial charge in [-0.15, -0.1) is 11.3 Å². The molecular weight excluding hydrogens is 444 g/mol. The molecule has 168 valence electrons. The van der Waals surface area contributed by atoms with Crippen LogP contribution in [-0.2, 0) is 24.3 Å². The van der Waals surface area contributed by atoms with E-state index < -0.39 is 21.9 Å². The van der Waals surface area contributed by atoms with Crippen molar-refractivity contribution in [3.8, 4) is 5.75 Å². The fourth-order valence-electron chi connectivity index (χ4n) is 3.02. The van der Waals surface area contributed by atoms with E-state index in [1.807, 2.05) is 6.92 Å². The van der Waals surface area contributed by atoms with Gasteiger partial charge in [-0.05, 0) is 43.7 Å². The van der Waals surface area contributed by atoms with Crippen molar-refractivity contribution in [1.82, 2.24) is 4.31 Å². The topological polar surface area (TPSA) is 111 Å². The van der Waals surface area contributed by atoms with E-state index in [1.165, 1.54) is 47.0 Å². The fourth-order valence-corrected chi connectivity index (χ4v) is 5.49. The quantitative estimate of drug-likeness (QED) is 0.620. The molecule has 2 aromatic rings. The van der Waals surface area contributed by atoms with Gasteiger partial charge in [0.2, 0.25) is 10.0 Å². The Labute approximate surface area is 185 Å². The minimum atomic E-state index is -3.59. The van der Waals surface area contributed by atoms with Gasteiger partial charge in [-0.25, -0.2) is 13.2 Å². The first-order chi connectivity index (χ1) is 14.7. The Kier molecular flexibility index (Phi) is 7.31. The lowest BCUT2D eigenvalue weighted by molar-refractivity contribution is -0.118. The Morgan fingerprint density at radius 2 is 1.81 bits per heavy atom. The molecular formula is C20H24N2O7S2. The van der Waals surface area contributed by atoms with Crippen LogP contribution in [0.2, 0.25) is 0 Å². The van der Waals surface area contributed by atoms with E-state index in [9.17, 15) is 18.0 Å². The summed E-state index contributed by atoms with van der Waals surface area (Å²) in [6.07, 6.45) is 0. The molecule has 1 aliphatic heterocycles. The van der Waals surface area contributed by atoms with Crippen molar-refractivity contribution >= 4 is 38.2 Å². The zero-order valence-corrected chi connectivity index (χ0v) is 19.1. The van der Waals surface area contributed by atoms with Crippen molar-refractivity contribution in [3.63, 3.8) is 0 Å². The molecule has 0 atom stereocenters. The number of nitrogens with one attached hydrogen (secondary N) is 1. The van der Waals surface area contributed by atoms with Crippen LogP contribution in [0, 0.1) is 13.8 Å². The highest BCUT2D eigenvalue weighted by Gasteiger charge is 2.26. The Morgan fingerprint density at radius 3 is 2.42 bits per heavy atom. The third kappa shape index (κ3) is 5.24. The summed E-state index contributed by atoms with van der Waals surface area (Å²) in [5.41, 5.74) is 1.08. The summed E-state index contributed by atoms with van der Waals surface area (Å²) in [6, 6.07) is 5.89. The van der Waals surface area contributed by atoms with Gasteiger partial charge in [0.25, 0.3) is 5.91 Å². The molecule has 2 heterocycles. The van der Waals surface area contributed by atoms with Gasteiger partial charge in [-0.1, -0.05) is 0 Å². The Bertz CT molecular complexity index is 1060. The number of aryl methyl sites for hydroxylation is 1. The standard InChI is InChI=1S/C20H24N2O7S2/c1-13-14(2)30-19(18(13)20(24)27-3)21-17(23)12-29-15-4-6-16(7-5-15)31(25,26)22-8-10-28-11-9-22/h4-7H,8-12H2,1-3H3,(H,21,23).